The Labute approximate surface area is 157 Å². The first-order valence-electron chi connectivity index (χ1n) is 8.35. The number of fused-ring (bicyclic) bond motifs is 1. The van der Waals surface area contributed by atoms with E-state index in [9.17, 15) is 13.6 Å². The summed E-state index contributed by atoms with van der Waals surface area (Å²) in [5.74, 6) is -2.08. The minimum Gasteiger partial charge on any atom is -0.461 e. The molecule has 0 atom stereocenters. The van der Waals surface area contributed by atoms with Gasteiger partial charge in [0, 0.05) is 17.5 Å². The van der Waals surface area contributed by atoms with Gasteiger partial charge in [0.2, 0.25) is 5.28 Å². The number of esters is 1. The number of hydrogen-bond acceptors (Lipinski definition) is 6. The van der Waals surface area contributed by atoms with Crippen LogP contribution in [-0.2, 0) is 4.74 Å². The second kappa shape index (κ2) is 6.77. The maximum atomic E-state index is 14.3. The van der Waals surface area contributed by atoms with Gasteiger partial charge in [0.1, 0.15) is 22.8 Å². The molecule has 1 saturated carbocycles. The molecule has 2 heterocycles. The molecule has 1 fully saturated rings. The first-order valence-corrected chi connectivity index (χ1v) is 8.73. The Morgan fingerprint density at radius 2 is 2.00 bits per heavy atom. The van der Waals surface area contributed by atoms with Gasteiger partial charge >= 0.3 is 5.97 Å². The standard InChI is InChI=1S/C18H13ClF2N4O2/c1-2-27-17(26)15-12(8-3-4-8)23-16-14(22-15)13(24-18(19)25-16)10-6-5-9(20)7-11(10)21/h5-8H,2-4H2,1H3. The molecule has 9 heteroatoms. The Morgan fingerprint density at radius 1 is 1.22 bits per heavy atom. The lowest BCUT2D eigenvalue weighted by molar-refractivity contribution is 0.0518. The first kappa shape index (κ1) is 17.7. The molecule has 0 amide bonds. The number of rotatable bonds is 4. The van der Waals surface area contributed by atoms with Crippen molar-refractivity contribution in [2.24, 2.45) is 0 Å². The number of benzene rings is 1. The van der Waals surface area contributed by atoms with Crippen molar-refractivity contribution in [3.63, 3.8) is 0 Å². The number of ether oxygens (including phenoxy) is 1. The van der Waals surface area contributed by atoms with Gasteiger partial charge in [0.05, 0.1) is 12.3 Å². The van der Waals surface area contributed by atoms with Gasteiger partial charge in [-0.3, -0.25) is 0 Å². The van der Waals surface area contributed by atoms with Crippen molar-refractivity contribution in [3.8, 4) is 11.3 Å². The fourth-order valence-corrected chi connectivity index (χ4v) is 2.96. The molecule has 0 bridgehead atoms. The molecule has 3 aromatic rings. The molecule has 2 aromatic heterocycles. The molecule has 138 valence electrons. The largest absolute Gasteiger partial charge is 0.461 e. The normalized spacial score (nSPS) is 13.8. The summed E-state index contributed by atoms with van der Waals surface area (Å²) >= 11 is 5.98. The zero-order valence-electron chi connectivity index (χ0n) is 14.2. The maximum Gasteiger partial charge on any atom is 0.358 e. The highest BCUT2D eigenvalue weighted by Crippen LogP contribution is 2.41. The number of aromatic nitrogens is 4. The molecule has 1 aliphatic carbocycles. The van der Waals surface area contributed by atoms with E-state index in [1.54, 1.807) is 6.92 Å². The highest BCUT2D eigenvalue weighted by molar-refractivity contribution is 6.28. The molecule has 27 heavy (non-hydrogen) atoms. The zero-order chi connectivity index (χ0) is 19.1. The van der Waals surface area contributed by atoms with E-state index in [2.05, 4.69) is 19.9 Å². The number of carbonyl (C=O) groups is 1. The molecule has 1 aromatic carbocycles. The molecule has 0 unspecified atom stereocenters. The van der Waals surface area contributed by atoms with Crippen LogP contribution in [0.4, 0.5) is 8.78 Å². The summed E-state index contributed by atoms with van der Waals surface area (Å²) in [4.78, 5) is 29.2. The Hall–Kier alpha value is -2.74. The number of halogens is 3. The van der Waals surface area contributed by atoms with Gasteiger partial charge in [-0.25, -0.2) is 28.5 Å². The highest BCUT2D eigenvalue weighted by atomic mass is 35.5. The van der Waals surface area contributed by atoms with Crippen LogP contribution in [0.25, 0.3) is 22.4 Å². The van der Waals surface area contributed by atoms with E-state index in [-0.39, 0.29) is 45.9 Å². The smallest absolute Gasteiger partial charge is 0.358 e. The molecule has 6 nitrogen and oxygen atoms in total. The van der Waals surface area contributed by atoms with Crippen LogP contribution in [0.1, 0.15) is 41.9 Å². The van der Waals surface area contributed by atoms with Crippen LogP contribution in [0.5, 0.6) is 0 Å². The van der Waals surface area contributed by atoms with Gasteiger partial charge < -0.3 is 4.74 Å². The summed E-state index contributed by atoms with van der Waals surface area (Å²) in [6.07, 6.45) is 1.76. The van der Waals surface area contributed by atoms with Crippen LogP contribution in [0, 0.1) is 11.6 Å². The quantitative estimate of drug-likeness (QED) is 0.493. The molecule has 1 aliphatic rings. The average molecular weight is 391 g/mol. The first-order chi connectivity index (χ1) is 13.0. The summed E-state index contributed by atoms with van der Waals surface area (Å²) in [5.41, 5.74) is 0.792. The topological polar surface area (TPSA) is 77.9 Å². The third-order valence-electron chi connectivity index (χ3n) is 4.15. The Kier molecular flexibility index (Phi) is 4.43. The molecule has 4 rings (SSSR count). The minimum atomic E-state index is -0.836. The molecule has 0 spiro atoms. The lowest BCUT2D eigenvalue weighted by atomic mass is 10.1. The fourth-order valence-electron chi connectivity index (χ4n) is 2.79. The number of carbonyl (C=O) groups excluding carboxylic acids is 1. The molecular weight excluding hydrogens is 378 g/mol. The average Bonchev–Trinajstić information content (AvgIpc) is 3.45. The van der Waals surface area contributed by atoms with Crippen molar-refractivity contribution in [3.05, 3.63) is 46.5 Å². The third-order valence-corrected chi connectivity index (χ3v) is 4.32. The van der Waals surface area contributed by atoms with Crippen LogP contribution in [0.3, 0.4) is 0 Å². The summed E-state index contributed by atoms with van der Waals surface area (Å²) in [7, 11) is 0. The summed E-state index contributed by atoms with van der Waals surface area (Å²) in [6.45, 7) is 1.87. The van der Waals surface area contributed by atoms with Gasteiger partial charge in [0.25, 0.3) is 0 Å². The van der Waals surface area contributed by atoms with E-state index in [0.717, 1.165) is 25.0 Å². The van der Waals surface area contributed by atoms with Gasteiger partial charge in [-0.05, 0) is 43.5 Å². The van der Waals surface area contributed by atoms with Crippen LogP contribution in [0.2, 0.25) is 5.28 Å². The van der Waals surface area contributed by atoms with E-state index in [4.69, 9.17) is 16.3 Å². The molecular formula is C18H13ClF2N4O2. The van der Waals surface area contributed by atoms with Gasteiger partial charge in [-0.1, -0.05) is 0 Å². The van der Waals surface area contributed by atoms with Crippen molar-refractivity contribution in [1.29, 1.82) is 0 Å². The Morgan fingerprint density at radius 3 is 2.67 bits per heavy atom. The van der Waals surface area contributed by atoms with Crippen LogP contribution in [-0.4, -0.2) is 32.5 Å². The lowest BCUT2D eigenvalue weighted by Gasteiger charge is -2.11. The summed E-state index contributed by atoms with van der Waals surface area (Å²) in [6, 6.07) is 3.05. The summed E-state index contributed by atoms with van der Waals surface area (Å²) < 4.78 is 32.7. The van der Waals surface area contributed by atoms with Gasteiger partial charge in [-0.2, -0.15) is 4.98 Å². The van der Waals surface area contributed by atoms with Crippen molar-refractivity contribution in [2.45, 2.75) is 25.7 Å². The van der Waals surface area contributed by atoms with Crippen LogP contribution >= 0.6 is 11.6 Å². The minimum absolute atomic E-state index is 0.0195. The Balaban J connectivity index is 1.99. The highest BCUT2D eigenvalue weighted by Gasteiger charge is 2.33. The SMILES string of the molecule is CCOC(=O)c1nc2c(-c3ccc(F)cc3F)nc(Cl)nc2nc1C1CC1. The zero-order valence-corrected chi connectivity index (χ0v) is 14.9. The van der Waals surface area contributed by atoms with Crippen molar-refractivity contribution < 1.29 is 18.3 Å². The summed E-state index contributed by atoms with van der Waals surface area (Å²) in [5, 5.41) is -0.152. The van der Waals surface area contributed by atoms with E-state index >= 15 is 0 Å². The second-order valence-corrected chi connectivity index (χ2v) is 6.43. The van der Waals surface area contributed by atoms with Crippen molar-refractivity contribution >= 4 is 28.7 Å². The predicted octanol–water partition coefficient (Wildman–Crippen LogP) is 4.07. The number of hydrogen-bond donors (Lipinski definition) is 0. The van der Waals surface area contributed by atoms with E-state index in [0.29, 0.717) is 5.69 Å². The molecule has 0 N–H and O–H groups in total. The van der Waals surface area contributed by atoms with E-state index in [1.165, 1.54) is 6.07 Å². The maximum absolute atomic E-state index is 14.3. The van der Waals surface area contributed by atoms with Crippen LogP contribution < -0.4 is 0 Å². The van der Waals surface area contributed by atoms with Crippen LogP contribution in [0.15, 0.2) is 18.2 Å². The van der Waals surface area contributed by atoms with E-state index in [1.807, 2.05) is 0 Å². The molecule has 0 radical (unpaired) electrons. The lowest BCUT2D eigenvalue weighted by Crippen LogP contribution is -2.13. The van der Waals surface area contributed by atoms with Gasteiger partial charge in [-0.15, -0.1) is 0 Å². The third kappa shape index (κ3) is 3.32. The number of nitrogens with zero attached hydrogens (tertiary/aromatic N) is 4. The predicted molar refractivity (Wildman–Crippen MR) is 93.4 cm³/mol. The Bertz CT molecular complexity index is 1070. The van der Waals surface area contributed by atoms with Crippen molar-refractivity contribution in [1.82, 2.24) is 19.9 Å². The molecule has 0 saturated heterocycles. The van der Waals surface area contributed by atoms with E-state index < -0.39 is 17.6 Å². The van der Waals surface area contributed by atoms with Gasteiger partial charge in [0.15, 0.2) is 11.3 Å². The van der Waals surface area contributed by atoms with Crippen molar-refractivity contribution in [2.75, 3.05) is 6.61 Å². The second-order valence-electron chi connectivity index (χ2n) is 6.09. The fraction of sp³-hybridized carbons (Fsp3) is 0.278. The molecule has 0 aliphatic heterocycles. The monoisotopic (exact) mass is 390 g/mol.